The molecule has 0 aliphatic heterocycles. The Morgan fingerprint density at radius 3 is 2.93 bits per heavy atom. The molecule has 0 spiro atoms. The molecule has 0 unspecified atom stereocenters. The predicted octanol–water partition coefficient (Wildman–Crippen LogP) is 5.05. The third kappa shape index (κ3) is 4.76. The van der Waals surface area contributed by atoms with Crippen LogP contribution in [0.3, 0.4) is 0 Å². The van der Waals surface area contributed by atoms with E-state index in [1.54, 1.807) is 36.6 Å². The number of rotatable bonds is 8. The van der Waals surface area contributed by atoms with Crippen molar-refractivity contribution in [1.82, 2.24) is 14.8 Å². The zero-order valence-corrected chi connectivity index (χ0v) is 18.5. The molecule has 2 aromatic heterocycles. The zero-order chi connectivity index (χ0) is 20.4. The number of thiophene rings is 1. The molecule has 1 aromatic carbocycles. The number of ether oxygens (including phenoxy) is 1. The fraction of sp³-hybridized carbons (Fsp3) is 0.350. The standard InChI is InChI=1S/C20H21ClN4O2S2/c1-12(19(26)22-16-10-13(21)5-8-17(16)27-2)29-20-24-23-18(25(20)14-6-7-14)11-15-4-3-9-28-15/h3-5,8-10,12,14H,6-7,11H2,1-2H3,(H,22,26)/t12-/m1/s1. The maximum Gasteiger partial charge on any atom is 0.237 e. The number of nitrogens with zero attached hydrogens (tertiary/aromatic N) is 3. The average Bonchev–Trinajstić information content (AvgIpc) is 3.26. The lowest BCUT2D eigenvalue weighted by Crippen LogP contribution is -2.23. The lowest BCUT2D eigenvalue weighted by Gasteiger charge is -2.15. The number of halogens is 1. The van der Waals surface area contributed by atoms with Crippen molar-refractivity contribution in [2.24, 2.45) is 0 Å². The molecule has 0 bridgehead atoms. The SMILES string of the molecule is COc1ccc(Cl)cc1NC(=O)[C@@H](C)Sc1nnc(Cc2cccs2)n1C1CC1. The van der Waals surface area contributed by atoms with Crippen molar-refractivity contribution in [2.75, 3.05) is 12.4 Å². The summed E-state index contributed by atoms with van der Waals surface area (Å²) in [5, 5.41) is 14.8. The number of aromatic nitrogens is 3. The van der Waals surface area contributed by atoms with E-state index >= 15 is 0 Å². The third-order valence-corrected chi connectivity index (χ3v) is 6.80. The Morgan fingerprint density at radius 2 is 2.24 bits per heavy atom. The van der Waals surface area contributed by atoms with Crippen molar-refractivity contribution in [3.05, 3.63) is 51.4 Å². The highest BCUT2D eigenvalue weighted by Crippen LogP contribution is 2.40. The largest absolute Gasteiger partial charge is 0.495 e. The molecule has 1 saturated carbocycles. The second-order valence-corrected chi connectivity index (χ2v) is 9.63. The molecule has 2 heterocycles. The van der Waals surface area contributed by atoms with Crippen LogP contribution in [0.1, 0.15) is 36.5 Å². The number of methoxy groups -OCH3 is 1. The number of hydrogen-bond donors (Lipinski definition) is 1. The van der Waals surface area contributed by atoms with Crippen LogP contribution < -0.4 is 10.1 Å². The lowest BCUT2D eigenvalue weighted by molar-refractivity contribution is -0.115. The van der Waals surface area contributed by atoms with Gasteiger partial charge in [0.05, 0.1) is 18.0 Å². The molecule has 9 heteroatoms. The van der Waals surface area contributed by atoms with E-state index in [1.807, 2.05) is 13.0 Å². The van der Waals surface area contributed by atoms with Crippen LogP contribution >= 0.6 is 34.7 Å². The molecule has 152 valence electrons. The second kappa shape index (κ2) is 8.77. The molecule has 29 heavy (non-hydrogen) atoms. The van der Waals surface area contributed by atoms with E-state index in [0.717, 1.165) is 30.2 Å². The van der Waals surface area contributed by atoms with Gasteiger partial charge in [-0.15, -0.1) is 21.5 Å². The normalized spacial score (nSPS) is 14.6. The van der Waals surface area contributed by atoms with Gasteiger partial charge in [-0.1, -0.05) is 29.4 Å². The van der Waals surface area contributed by atoms with E-state index in [4.69, 9.17) is 16.3 Å². The summed E-state index contributed by atoms with van der Waals surface area (Å²) < 4.78 is 7.51. The van der Waals surface area contributed by atoms with Crippen LogP contribution in [-0.2, 0) is 11.2 Å². The zero-order valence-electron chi connectivity index (χ0n) is 16.1. The summed E-state index contributed by atoms with van der Waals surface area (Å²) in [6.07, 6.45) is 3.02. The van der Waals surface area contributed by atoms with Gasteiger partial charge in [0.25, 0.3) is 0 Å². The Hall–Kier alpha value is -2.03. The van der Waals surface area contributed by atoms with Gasteiger partial charge in [-0.25, -0.2) is 0 Å². The molecular weight excluding hydrogens is 428 g/mol. The molecule has 1 aliphatic rings. The molecule has 1 N–H and O–H groups in total. The van der Waals surface area contributed by atoms with Gasteiger partial charge in [0, 0.05) is 22.4 Å². The molecule has 0 saturated heterocycles. The topological polar surface area (TPSA) is 69.0 Å². The number of carbonyl (C=O) groups is 1. The molecular formula is C20H21ClN4O2S2. The number of benzene rings is 1. The molecule has 6 nitrogen and oxygen atoms in total. The maximum atomic E-state index is 12.8. The van der Waals surface area contributed by atoms with Crippen molar-refractivity contribution in [3.8, 4) is 5.75 Å². The summed E-state index contributed by atoms with van der Waals surface area (Å²) in [5.41, 5.74) is 0.555. The summed E-state index contributed by atoms with van der Waals surface area (Å²) in [6.45, 7) is 1.86. The van der Waals surface area contributed by atoms with Gasteiger partial charge in [-0.2, -0.15) is 0 Å². The van der Waals surface area contributed by atoms with Crippen molar-refractivity contribution in [1.29, 1.82) is 0 Å². The first kappa shape index (κ1) is 20.3. The van der Waals surface area contributed by atoms with Crippen LogP contribution in [0.15, 0.2) is 40.9 Å². The van der Waals surface area contributed by atoms with Crippen LogP contribution in [0.25, 0.3) is 0 Å². The minimum Gasteiger partial charge on any atom is -0.495 e. The number of thioether (sulfide) groups is 1. The minimum absolute atomic E-state index is 0.138. The Kier molecular flexibility index (Phi) is 6.12. The monoisotopic (exact) mass is 448 g/mol. The van der Waals surface area contributed by atoms with E-state index in [2.05, 4.69) is 31.5 Å². The van der Waals surface area contributed by atoms with Gasteiger partial charge >= 0.3 is 0 Å². The van der Waals surface area contributed by atoms with Gasteiger partial charge in [-0.3, -0.25) is 4.79 Å². The van der Waals surface area contributed by atoms with Crippen LogP contribution in [0.2, 0.25) is 5.02 Å². The van der Waals surface area contributed by atoms with E-state index in [-0.39, 0.29) is 11.2 Å². The van der Waals surface area contributed by atoms with Crippen LogP contribution in [0, 0.1) is 0 Å². The average molecular weight is 449 g/mol. The third-order valence-electron chi connectivity index (χ3n) is 4.63. The van der Waals surface area contributed by atoms with Crippen molar-refractivity contribution in [3.63, 3.8) is 0 Å². The summed E-state index contributed by atoms with van der Waals surface area (Å²) in [6, 6.07) is 9.73. The minimum atomic E-state index is -0.352. The van der Waals surface area contributed by atoms with Gasteiger partial charge in [0.15, 0.2) is 5.16 Å². The highest BCUT2D eigenvalue weighted by atomic mass is 35.5. The first-order valence-electron chi connectivity index (χ1n) is 9.32. The second-order valence-electron chi connectivity index (χ2n) is 6.85. The summed E-state index contributed by atoms with van der Waals surface area (Å²) in [5.74, 6) is 1.39. The van der Waals surface area contributed by atoms with E-state index < -0.39 is 0 Å². The molecule has 4 rings (SSSR count). The number of hydrogen-bond acceptors (Lipinski definition) is 6. The summed E-state index contributed by atoms with van der Waals surface area (Å²) in [4.78, 5) is 14.0. The number of amides is 1. The Morgan fingerprint density at radius 1 is 1.41 bits per heavy atom. The van der Waals surface area contributed by atoms with Crippen molar-refractivity contribution < 1.29 is 9.53 Å². The van der Waals surface area contributed by atoms with E-state index in [0.29, 0.717) is 22.5 Å². The first-order valence-corrected chi connectivity index (χ1v) is 11.5. The fourth-order valence-corrected chi connectivity index (χ4v) is 4.81. The van der Waals surface area contributed by atoms with E-state index in [9.17, 15) is 4.79 Å². The number of anilines is 1. The lowest BCUT2D eigenvalue weighted by atomic mass is 10.3. The fourth-order valence-electron chi connectivity index (χ4n) is 3.00. The van der Waals surface area contributed by atoms with Gasteiger partial charge in [0.2, 0.25) is 5.91 Å². The van der Waals surface area contributed by atoms with Gasteiger partial charge in [-0.05, 0) is 49.4 Å². The Labute approximate surface area is 182 Å². The maximum absolute atomic E-state index is 12.8. The Bertz CT molecular complexity index is 1000. The van der Waals surface area contributed by atoms with Crippen LogP contribution in [0.5, 0.6) is 5.75 Å². The summed E-state index contributed by atoms with van der Waals surface area (Å²) >= 11 is 9.20. The molecule has 0 radical (unpaired) electrons. The highest BCUT2D eigenvalue weighted by Gasteiger charge is 2.31. The van der Waals surface area contributed by atoms with Crippen molar-refractivity contribution >= 4 is 46.3 Å². The smallest absolute Gasteiger partial charge is 0.237 e. The van der Waals surface area contributed by atoms with E-state index in [1.165, 1.54) is 16.6 Å². The van der Waals surface area contributed by atoms with Gasteiger partial charge < -0.3 is 14.6 Å². The first-order chi connectivity index (χ1) is 14.0. The van der Waals surface area contributed by atoms with Crippen molar-refractivity contribution in [2.45, 2.75) is 42.6 Å². The molecule has 1 fully saturated rings. The van der Waals surface area contributed by atoms with Crippen LogP contribution in [0.4, 0.5) is 5.69 Å². The molecule has 1 aliphatic carbocycles. The molecule has 1 amide bonds. The molecule has 1 atom stereocenters. The number of nitrogens with one attached hydrogen (secondary N) is 1. The Balaban J connectivity index is 1.48. The molecule has 3 aromatic rings. The summed E-state index contributed by atoms with van der Waals surface area (Å²) in [7, 11) is 1.56. The quantitative estimate of drug-likeness (QED) is 0.488. The highest BCUT2D eigenvalue weighted by molar-refractivity contribution is 8.00. The van der Waals surface area contributed by atoms with Gasteiger partial charge in [0.1, 0.15) is 11.6 Å². The van der Waals surface area contributed by atoms with Crippen LogP contribution in [-0.4, -0.2) is 33.0 Å². The number of carbonyl (C=O) groups excluding carboxylic acids is 1. The predicted molar refractivity (Wildman–Crippen MR) is 117 cm³/mol.